The zero-order valence-electron chi connectivity index (χ0n) is 13.5. The van der Waals surface area contributed by atoms with Crippen LogP contribution in [-0.2, 0) is 6.54 Å². The van der Waals surface area contributed by atoms with Gasteiger partial charge in [0.1, 0.15) is 12.0 Å². The molecule has 0 fully saturated rings. The SMILES string of the molecule is Cc1cccn2cc(CNC(=O)c3cccc(-n4cnnn4)c3)nc12. The Hall–Kier alpha value is -3.55. The third-order valence-corrected chi connectivity index (χ3v) is 3.88. The van der Waals surface area contributed by atoms with Gasteiger partial charge in [0.05, 0.1) is 17.9 Å². The summed E-state index contributed by atoms with van der Waals surface area (Å²) in [6.07, 6.45) is 5.34. The van der Waals surface area contributed by atoms with Gasteiger partial charge < -0.3 is 9.72 Å². The molecule has 1 amide bonds. The predicted octanol–water partition coefficient (Wildman–Crippen LogP) is 1.55. The van der Waals surface area contributed by atoms with E-state index < -0.39 is 0 Å². The van der Waals surface area contributed by atoms with Crippen molar-refractivity contribution in [3.8, 4) is 5.69 Å². The lowest BCUT2D eigenvalue weighted by atomic mass is 10.2. The summed E-state index contributed by atoms with van der Waals surface area (Å²) in [6, 6.07) is 11.1. The van der Waals surface area contributed by atoms with Gasteiger partial charge in [0.25, 0.3) is 5.91 Å². The maximum absolute atomic E-state index is 12.4. The van der Waals surface area contributed by atoms with Crippen LogP contribution >= 0.6 is 0 Å². The summed E-state index contributed by atoms with van der Waals surface area (Å²) in [6.45, 7) is 2.37. The number of amides is 1. The molecule has 0 aliphatic heterocycles. The lowest BCUT2D eigenvalue weighted by Crippen LogP contribution is -2.23. The van der Waals surface area contributed by atoms with Crippen molar-refractivity contribution in [3.05, 3.63) is 71.9 Å². The molecular formula is C17H15N7O. The van der Waals surface area contributed by atoms with Gasteiger partial charge >= 0.3 is 0 Å². The molecule has 0 radical (unpaired) electrons. The Balaban J connectivity index is 1.50. The van der Waals surface area contributed by atoms with Crippen LogP contribution in [0.5, 0.6) is 0 Å². The van der Waals surface area contributed by atoms with Gasteiger partial charge in [-0.1, -0.05) is 12.1 Å². The van der Waals surface area contributed by atoms with Crippen molar-refractivity contribution < 1.29 is 4.79 Å². The smallest absolute Gasteiger partial charge is 0.251 e. The maximum atomic E-state index is 12.4. The second kappa shape index (κ2) is 6.16. The molecule has 0 atom stereocenters. The Morgan fingerprint density at radius 3 is 2.96 bits per heavy atom. The summed E-state index contributed by atoms with van der Waals surface area (Å²) in [7, 11) is 0. The van der Waals surface area contributed by atoms with E-state index >= 15 is 0 Å². The largest absolute Gasteiger partial charge is 0.346 e. The van der Waals surface area contributed by atoms with Crippen LogP contribution in [0.4, 0.5) is 0 Å². The summed E-state index contributed by atoms with van der Waals surface area (Å²) in [5.41, 5.74) is 4.05. The van der Waals surface area contributed by atoms with E-state index in [1.165, 1.54) is 11.0 Å². The topological polar surface area (TPSA) is 90.0 Å². The lowest BCUT2D eigenvalue weighted by Gasteiger charge is -2.05. The number of carbonyl (C=O) groups is 1. The number of aromatic nitrogens is 6. The number of rotatable bonds is 4. The first kappa shape index (κ1) is 15.0. The number of imidazole rings is 1. The first-order valence-corrected chi connectivity index (χ1v) is 7.75. The van der Waals surface area contributed by atoms with Crippen molar-refractivity contribution >= 4 is 11.6 Å². The third kappa shape index (κ3) is 2.97. The molecule has 25 heavy (non-hydrogen) atoms. The molecule has 8 heteroatoms. The number of aryl methyl sites for hydroxylation is 1. The molecule has 0 bridgehead atoms. The normalized spacial score (nSPS) is 10.9. The highest BCUT2D eigenvalue weighted by atomic mass is 16.1. The van der Waals surface area contributed by atoms with Crippen molar-refractivity contribution in [2.75, 3.05) is 0 Å². The average Bonchev–Trinajstić information content (AvgIpc) is 3.30. The third-order valence-electron chi connectivity index (χ3n) is 3.88. The zero-order chi connectivity index (χ0) is 17.2. The number of tetrazole rings is 1. The van der Waals surface area contributed by atoms with E-state index in [1.807, 2.05) is 41.9 Å². The molecule has 0 unspecified atom stereocenters. The van der Waals surface area contributed by atoms with Gasteiger partial charge in [-0.15, -0.1) is 5.10 Å². The molecule has 8 nitrogen and oxygen atoms in total. The number of hydrogen-bond donors (Lipinski definition) is 1. The molecule has 3 heterocycles. The average molecular weight is 333 g/mol. The summed E-state index contributed by atoms with van der Waals surface area (Å²) >= 11 is 0. The number of pyridine rings is 1. The minimum Gasteiger partial charge on any atom is -0.346 e. The van der Waals surface area contributed by atoms with Crippen LogP contribution in [0, 0.1) is 6.92 Å². The number of hydrogen-bond acceptors (Lipinski definition) is 5. The number of nitrogens with one attached hydrogen (secondary N) is 1. The van der Waals surface area contributed by atoms with Crippen molar-refractivity contribution in [1.29, 1.82) is 0 Å². The van der Waals surface area contributed by atoms with Gasteiger partial charge in [-0.3, -0.25) is 4.79 Å². The predicted molar refractivity (Wildman–Crippen MR) is 90.3 cm³/mol. The van der Waals surface area contributed by atoms with Gasteiger partial charge in [-0.2, -0.15) is 0 Å². The van der Waals surface area contributed by atoms with Crippen molar-refractivity contribution in [3.63, 3.8) is 0 Å². The van der Waals surface area contributed by atoms with Gasteiger partial charge in [-0.25, -0.2) is 9.67 Å². The molecule has 1 aromatic carbocycles. The van der Waals surface area contributed by atoms with Gasteiger partial charge in [0.2, 0.25) is 0 Å². The van der Waals surface area contributed by atoms with E-state index in [-0.39, 0.29) is 5.91 Å². The van der Waals surface area contributed by atoms with Crippen LogP contribution < -0.4 is 5.32 Å². The summed E-state index contributed by atoms with van der Waals surface area (Å²) in [5.74, 6) is -0.177. The molecule has 3 aromatic heterocycles. The van der Waals surface area contributed by atoms with E-state index in [2.05, 4.69) is 25.8 Å². The fraction of sp³-hybridized carbons (Fsp3) is 0.118. The second-order valence-corrected chi connectivity index (χ2v) is 5.64. The Labute approximate surface area is 143 Å². The van der Waals surface area contributed by atoms with Crippen LogP contribution in [0.25, 0.3) is 11.3 Å². The molecule has 1 N–H and O–H groups in total. The van der Waals surface area contributed by atoms with Gasteiger partial charge in [0.15, 0.2) is 0 Å². The lowest BCUT2D eigenvalue weighted by molar-refractivity contribution is 0.0950. The van der Waals surface area contributed by atoms with Crippen molar-refractivity contribution in [1.82, 2.24) is 34.9 Å². The van der Waals surface area contributed by atoms with E-state index in [1.54, 1.807) is 18.2 Å². The maximum Gasteiger partial charge on any atom is 0.251 e. The van der Waals surface area contributed by atoms with E-state index in [4.69, 9.17) is 0 Å². The summed E-state index contributed by atoms with van der Waals surface area (Å²) in [5, 5.41) is 13.9. The molecule has 0 aliphatic carbocycles. The monoisotopic (exact) mass is 333 g/mol. The Bertz CT molecular complexity index is 1040. The number of nitrogens with zero attached hydrogens (tertiary/aromatic N) is 6. The first-order valence-electron chi connectivity index (χ1n) is 7.75. The fourth-order valence-corrected chi connectivity index (χ4v) is 2.63. The Kier molecular flexibility index (Phi) is 3.70. The highest BCUT2D eigenvalue weighted by Gasteiger charge is 2.09. The Morgan fingerprint density at radius 2 is 2.16 bits per heavy atom. The number of fused-ring (bicyclic) bond motifs is 1. The molecule has 4 rings (SSSR count). The minimum atomic E-state index is -0.177. The standard InChI is InChI=1S/C17H15N7O/c1-12-4-3-7-23-10-14(20-16(12)23)9-18-17(25)13-5-2-6-15(8-13)24-11-19-21-22-24/h2-8,10-11H,9H2,1H3,(H,18,25). The summed E-state index contributed by atoms with van der Waals surface area (Å²) < 4.78 is 3.46. The first-order chi connectivity index (χ1) is 12.2. The van der Waals surface area contributed by atoms with Crippen LogP contribution in [0.1, 0.15) is 21.6 Å². The van der Waals surface area contributed by atoms with Crippen molar-refractivity contribution in [2.45, 2.75) is 13.5 Å². The number of carbonyl (C=O) groups excluding carboxylic acids is 1. The second-order valence-electron chi connectivity index (χ2n) is 5.64. The highest BCUT2D eigenvalue weighted by molar-refractivity contribution is 5.94. The van der Waals surface area contributed by atoms with Crippen LogP contribution in [0.3, 0.4) is 0 Å². The van der Waals surface area contributed by atoms with Gasteiger partial charge in [-0.05, 0) is 47.2 Å². The van der Waals surface area contributed by atoms with Crippen LogP contribution in [0.15, 0.2) is 55.1 Å². The number of benzene rings is 1. The molecule has 0 saturated heterocycles. The van der Waals surface area contributed by atoms with Crippen LogP contribution in [-0.4, -0.2) is 35.5 Å². The molecule has 4 aromatic rings. The van der Waals surface area contributed by atoms with E-state index in [0.29, 0.717) is 12.1 Å². The zero-order valence-corrected chi connectivity index (χ0v) is 13.5. The molecule has 0 aliphatic rings. The van der Waals surface area contributed by atoms with Gasteiger partial charge in [0, 0.05) is 18.0 Å². The molecule has 0 saturated carbocycles. The van der Waals surface area contributed by atoms with Crippen LogP contribution in [0.2, 0.25) is 0 Å². The minimum absolute atomic E-state index is 0.177. The van der Waals surface area contributed by atoms with E-state index in [9.17, 15) is 4.79 Å². The molecule has 0 spiro atoms. The molecule has 124 valence electrons. The van der Waals surface area contributed by atoms with Crippen molar-refractivity contribution in [2.24, 2.45) is 0 Å². The van der Waals surface area contributed by atoms with E-state index in [0.717, 1.165) is 22.6 Å². The molecular weight excluding hydrogens is 318 g/mol. The Morgan fingerprint density at radius 1 is 1.24 bits per heavy atom. The quantitative estimate of drug-likeness (QED) is 0.612. The highest BCUT2D eigenvalue weighted by Crippen LogP contribution is 2.11. The fourth-order valence-electron chi connectivity index (χ4n) is 2.63. The summed E-state index contributed by atoms with van der Waals surface area (Å²) in [4.78, 5) is 17.0.